The number of nitrogens with two attached hydrogens (primary N) is 1. The minimum atomic E-state index is -0.171. The first kappa shape index (κ1) is 22.7. The number of rotatable bonds is 7. The number of nitrogens with one attached hydrogen (secondary N) is 2. The summed E-state index contributed by atoms with van der Waals surface area (Å²) in [5.74, 6) is 0.686. The molecule has 33 heavy (non-hydrogen) atoms. The Labute approximate surface area is 196 Å². The number of pyridine rings is 1. The molecule has 3 heterocycles. The average Bonchev–Trinajstić information content (AvgIpc) is 2.83. The number of ether oxygens (including phenoxy) is 1. The first-order valence-corrected chi connectivity index (χ1v) is 11.1. The molecule has 9 nitrogen and oxygen atoms in total. The van der Waals surface area contributed by atoms with E-state index in [1.54, 1.807) is 6.07 Å². The number of para-hydroxylation sites is 1. The van der Waals surface area contributed by atoms with Gasteiger partial charge in [-0.1, -0.05) is 23.7 Å². The Kier molecular flexibility index (Phi) is 7.17. The molecule has 4 rings (SSSR count). The first-order valence-electron chi connectivity index (χ1n) is 10.8. The summed E-state index contributed by atoms with van der Waals surface area (Å²) in [6.07, 6.45) is 3.58. The van der Waals surface area contributed by atoms with E-state index >= 15 is 0 Å². The van der Waals surface area contributed by atoms with E-state index < -0.39 is 0 Å². The zero-order valence-corrected chi connectivity index (χ0v) is 18.7. The number of nitrogens with zero attached hydrogens (tertiary/aromatic N) is 4. The standard InChI is InChI=1S/C23H24ClN7O2/c24-18-3-1-2-15-10-16(23(32)28-12-14-5-8-33-9-6-14)19(31-20(15)18)4-7-27-22-17(11-25)21(26)29-13-30-22/h1-3,10,13-14H,4-9,12H2,(H,28,32)(H3,26,27,29,30). The Bertz CT molecular complexity index is 1210. The molecule has 0 atom stereocenters. The Morgan fingerprint density at radius 1 is 1.30 bits per heavy atom. The second-order valence-corrected chi connectivity index (χ2v) is 8.24. The molecular weight excluding hydrogens is 442 g/mol. The van der Waals surface area contributed by atoms with Gasteiger partial charge >= 0.3 is 0 Å². The van der Waals surface area contributed by atoms with Crippen LogP contribution >= 0.6 is 11.6 Å². The van der Waals surface area contributed by atoms with E-state index in [2.05, 4.69) is 20.6 Å². The second-order valence-electron chi connectivity index (χ2n) is 7.83. The summed E-state index contributed by atoms with van der Waals surface area (Å²) >= 11 is 6.35. The number of amides is 1. The Balaban J connectivity index is 1.55. The monoisotopic (exact) mass is 465 g/mol. The van der Waals surface area contributed by atoms with Crippen molar-refractivity contribution >= 4 is 40.0 Å². The summed E-state index contributed by atoms with van der Waals surface area (Å²) < 4.78 is 5.40. The van der Waals surface area contributed by atoms with E-state index in [4.69, 9.17) is 27.1 Å². The highest BCUT2D eigenvalue weighted by Gasteiger charge is 2.19. The smallest absolute Gasteiger partial charge is 0.253 e. The molecule has 2 aromatic heterocycles. The SMILES string of the molecule is N#Cc1c(N)ncnc1NCCc1nc2c(Cl)cccc2cc1C(=O)NCC1CCOCC1. The molecular formula is C23H24ClN7O2. The number of carbonyl (C=O) groups is 1. The van der Waals surface area contributed by atoms with Crippen LogP contribution in [0.1, 0.15) is 34.5 Å². The van der Waals surface area contributed by atoms with Crippen molar-refractivity contribution in [2.45, 2.75) is 19.3 Å². The van der Waals surface area contributed by atoms with Crippen molar-refractivity contribution in [3.63, 3.8) is 0 Å². The minimum Gasteiger partial charge on any atom is -0.382 e. The molecule has 1 aliphatic heterocycles. The minimum absolute atomic E-state index is 0.110. The van der Waals surface area contributed by atoms with Crippen molar-refractivity contribution < 1.29 is 9.53 Å². The van der Waals surface area contributed by atoms with Crippen LogP contribution in [0.5, 0.6) is 0 Å². The molecule has 0 aliphatic carbocycles. The zero-order valence-electron chi connectivity index (χ0n) is 18.0. The third-order valence-corrected chi connectivity index (χ3v) is 5.96. The van der Waals surface area contributed by atoms with E-state index in [1.165, 1.54) is 6.33 Å². The van der Waals surface area contributed by atoms with E-state index in [-0.39, 0.29) is 17.3 Å². The summed E-state index contributed by atoms with van der Waals surface area (Å²) in [6, 6.07) is 9.32. The van der Waals surface area contributed by atoms with Crippen LogP contribution in [0.4, 0.5) is 11.6 Å². The van der Waals surface area contributed by atoms with Gasteiger partial charge in [-0.3, -0.25) is 9.78 Å². The van der Waals surface area contributed by atoms with Gasteiger partial charge in [0.05, 0.1) is 21.8 Å². The fourth-order valence-electron chi connectivity index (χ4n) is 3.81. The third-order valence-electron chi connectivity index (χ3n) is 5.65. The highest BCUT2D eigenvalue weighted by molar-refractivity contribution is 6.35. The van der Waals surface area contributed by atoms with Crippen LogP contribution < -0.4 is 16.4 Å². The number of halogens is 1. The van der Waals surface area contributed by atoms with E-state index in [0.717, 1.165) is 31.4 Å². The molecule has 1 aromatic carbocycles. The van der Waals surface area contributed by atoms with Gasteiger partial charge in [0.1, 0.15) is 29.6 Å². The number of fused-ring (bicyclic) bond motifs is 1. The highest BCUT2D eigenvalue weighted by atomic mass is 35.5. The molecule has 3 aromatic rings. The normalized spacial score (nSPS) is 14.1. The van der Waals surface area contributed by atoms with Gasteiger partial charge in [0.25, 0.3) is 5.91 Å². The summed E-state index contributed by atoms with van der Waals surface area (Å²) in [5, 5.41) is 16.8. The number of anilines is 2. The first-order chi connectivity index (χ1) is 16.1. The van der Waals surface area contributed by atoms with Crippen LogP contribution in [0.3, 0.4) is 0 Å². The van der Waals surface area contributed by atoms with Crippen molar-refractivity contribution in [1.82, 2.24) is 20.3 Å². The number of hydrogen-bond donors (Lipinski definition) is 3. The van der Waals surface area contributed by atoms with Gasteiger partial charge in [0, 0.05) is 38.1 Å². The summed E-state index contributed by atoms with van der Waals surface area (Å²) in [5.41, 5.74) is 7.68. The van der Waals surface area contributed by atoms with Crippen molar-refractivity contribution in [3.05, 3.63) is 52.4 Å². The molecule has 0 spiro atoms. The number of nitrogen functional groups attached to an aromatic ring is 1. The molecule has 1 aliphatic rings. The third kappa shape index (κ3) is 5.30. The Morgan fingerprint density at radius 2 is 2.12 bits per heavy atom. The molecule has 0 unspecified atom stereocenters. The lowest BCUT2D eigenvalue weighted by Gasteiger charge is -2.22. The average molecular weight is 466 g/mol. The molecule has 0 saturated carbocycles. The quantitative estimate of drug-likeness (QED) is 0.484. The maximum atomic E-state index is 13.1. The lowest BCUT2D eigenvalue weighted by atomic mass is 10.00. The predicted molar refractivity (Wildman–Crippen MR) is 126 cm³/mol. The number of nitriles is 1. The van der Waals surface area contributed by atoms with Crippen LogP contribution in [0.2, 0.25) is 5.02 Å². The van der Waals surface area contributed by atoms with Crippen molar-refractivity contribution in [2.75, 3.05) is 37.4 Å². The van der Waals surface area contributed by atoms with Crippen LogP contribution in [0, 0.1) is 17.2 Å². The number of aromatic nitrogens is 3. The topological polar surface area (TPSA) is 139 Å². The largest absolute Gasteiger partial charge is 0.382 e. The highest BCUT2D eigenvalue weighted by Crippen LogP contribution is 2.25. The van der Waals surface area contributed by atoms with Gasteiger partial charge in [-0.2, -0.15) is 5.26 Å². The molecule has 170 valence electrons. The fourth-order valence-corrected chi connectivity index (χ4v) is 4.04. The van der Waals surface area contributed by atoms with Crippen molar-refractivity contribution in [3.8, 4) is 6.07 Å². The van der Waals surface area contributed by atoms with Crippen LogP contribution in [-0.4, -0.2) is 47.2 Å². The zero-order chi connectivity index (χ0) is 23.2. The van der Waals surface area contributed by atoms with Gasteiger partial charge in [-0.25, -0.2) is 9.97 Å². The lowest BCUT2D eigenvalue weighted by Crippen LogP contribution is -2.33. The predicted octanol–water partition coefficient (Wildman–Crippen LogP) is 2.94. The number of benzene rings is 1. The molecule has 10 heteroatoms. The van der Waals surface area contributed by atoms with E-state index in [1.807, 2.05) is 24.3 Å². The van der Waals surface area contributed by atoms with Crippen LogP contribution in [0.15, 0.2) is 30.6 Å². The number of hydrogen-bond acceptors (Lipinski definition) is 8. The van der Waals surface area contributed by atoms with Crippen molar-refractivity contribution in [2.24, 2.45) is 5.92 Å². The fraction of sp³-hybridized carbons (Fsp3) is 0.348. The van der Waals surface area contributed by atoms with E-state index in [0.29, 0.717) is 53.0 Å². The number of carbonyl (C=O) groups excluding carboxylic acids is 1. The maximum absolute atomic E-state index is 13.1. The summed E-state index contributed by atoms with van der Waals surface area (Å²) in [4.78, 5) is 25.7. The van der Waals surface area contributed by atoms with E-state index in [9.17, 15) is 10.1 Å². The Hall–Kier alpha value is -3.48. The molecule has 0 bridgehead atoms. The maximum Gasteiger partial charge on any atom is 0.253 e. The molecule has 1 saturated heterocycles. The molecule has 0 radical (unpaired) electrons. The molecule has 1 amide bonds. The van der Waals surface area contributed by atoms with Crippen LogP contribution in [-0.2, 0) is 11.2 Å². The van der Waals surface area contributed by atoms with Crippen molar-refractivity contribution in [1.29, 1.82) is 5.26 Å². The Morgan fingerprint density at radius 3 is 2.91 bits per heavy atom. The van der Waals surface area contributed by atoms with Crippen LogP contribution in [0.25, 0.3) is 10.9 Å². The van der Waals surface area contributed by atoms with Gasteiger partial charge < -0.3 is 21.1 Å². The molecule has 1 fully saturated rings. The summed E-state index contributed by atoms with van der Waals surface area (Å²) in [7, 11) is 0. The molecule has 4 N–H and O–H groups in total. The lowest BCUT2D eigenvalue weighted by molar-refractivity contribution is 0.0642. The summed E-state index contributed by atoms with van der Waals surface area (Å²) in [6.45, 7) is 2.44. The second kappa shape index (κ2) is 10.4. The van der Waals surface area contributed by atoms with Gasteiger partial charge in [-0.05, 0) is 30.9 Å². The van der Waals surface area contributed by atoms with Gasteiger partial charge in [0.15, 0.2) is 0 Å². The van der Waals surface area contributed by atoms with Gasteiger partial charge in [0.2, 0.25) is 0 Å². The van der Waals surface area contributed by atoms with Gasteiger partial charge in [-0.15, -0.1) is 0 Å².